The standard InChI is InChI=1S/C30H33N3O4S/c34-30-24-20-29(38(35,36)33-15-7-2-8-16-33)26(21-28(24)37-27-12-6-5-11-25(27)31-30)32-17-13-23(14-18-32)19-22-9-3-1-4-10-22/h1,3-6,9-12,20-21,23H,2,7-8,13-19H2,(H,31,34). The highest BCUT2D eigenvalue weighted by atomic mass is 32.2. The van der Waals surface area contributed by atoms with E-state index in [9.17, 15) is 13.2 Å². The second-order valence-corrected chi connectivity index (χ2v) is 12.4. The molecule has 0 unspecified atom stereocenters. The van der Waals surface area contributed by atoms with E-state index in [4.69, 9.17) is 4.74 Å². The van der Waals surface area contributed by atoms with E-state index in [0.29, 0.717) is 41.9 Å². The van der Waals surface area contributed by atoms with Gasteiger partial charge in [-0.05, 0) is 61.8 Å². The first kappa shape index (κ1) is 24.9. The van der Waals surface area contributed by atoms with Gasteiger partial charge in [0.05, 0.1) is 16.9 Å². The van der Waals surface area contributed by atoms with Gasteiger partial charge in [0, 0.05) is 32.2 Å². The van der Waals surface area contributed by atoms with Crippen molar-refractivity contribution in [2.24, 2.45) is 5.92 Å². The zero-order valence-electron chi connectivity index (χ0n) is 21.4. The molecule has 3 aromatic carbocycles. The SMILES string of the molecule is O=C1Nc2ccccc2Oc2cc(N3CCC(Cc4ccccc4)CC3)c(S(=O)(=O)N3CCCCC3)cc21. The van der Waals surface area contributed by atoms with Crippen LogP contribution in [-0.4, -0.2) is 44.8 Å². The molecule has 8 heteroatoms. The van der Waals surface area contributed by atoms with Gasteiger partial charge in [-0.3, -0.25) is 4.79 Å². The van der Waals surface area contributed by atoms with Gasteiger partial charge in [0.25, 0.3) is 5.91 Å². The fraction of sp³-hybridized carbons (Fsp3) is 0.367. The van der Waals surface area contributed by atoms with Crippen molar-refractivity contribution in [1.29, 1.82) is 0 Å². The van der Waals surface area contributed by atoms with Gasteiger partial charge in [-0.2, -0.15) is 4.31 Å². The molecule has 1 N–H and O–H groups in total. The number of piperidine rings is 2. The van der Waals surface area contributed by atoms with Crippen LogP contribution in [0.1, 0.15) is 48.0 Å². The number of nitrogens with one attached hydrogen (secondary N) is 1. The number of hydrogen-bond acceptors (Lipinski definition) is 5. The Balaban J connectivity index is 1.36. The molecule has 0 aromatic heterocycles. The minimum atomic E-state index is -3.78. The van der Waals surface area contributed by atoms with E-state index in [1.807, 2.05) is 18.2 Å². The molecule has 3 heterocycles. The van der Waals surface area contributed by atoms with E-state index in [0.717, 1.165) is 51.6 Å². The van der Waals surface area contributed by atoms with Crippen molar-refractivity contribution in [2.45, 2.75) is 43.4 Å². The molecule has 0 atom stereocenters. The fourth-order valence-corrected chi connectivity index (χ4v) is 7.54. The topological polar surface area (TPSA) is 79.0 Å². The number of amides is 1. The molecular weight excluding hydrogens is 498 g/mol. The van der Waals surface area contributed by atoms with Crippen molar-refractivity contribution >= 4 is 27.3 Å². The molecule has 198 valence electrons. The summed E-state index contributed by atoms with van der Waals surface area (Å²) in [6.45, 7) is 2.52. The van der Waals surface area contributed by atoms with Crippen LogP contribution in [-0.2, 0) is 16.4 Å². The third-order valence-corrected chi connectivity index (χ3v) is 9.84. The van der Waals surface area contributed by atoms with Gasteiger partial charge in [0.2, 0.25) is 10.0 Å². The normalized spacial score (nSPS) is 18.6. The van der Waals surface area contributed by atoms with Gasteiger partial charge in [0.1, 0.15) is 10.6 Å². The third-order valence-electron chi connectivity index (χ3n) is 7.92. The van der Waals surface area contributed by atoms with Crippen molar-refractivity contribution < 1.29 is 17.9 Å². The lowest BCUT2D eigenvalue weighted by Gasteiger charge is -2.36. The van der Waals surface area contributed by atoms with E-state index in [-0.39, 0.29) is 16.4 Å². The van der Waals surface area contributed by atoms with E-state index in [2.05, 4.69) is 34.5 Å². The number of para-hydroxylation sites is 2. The molecule has 3 aliphatic heterocycles. The Hall–Kier alpha value is -3.36. The highest BCUT2D eigenvalue weighted by molar-refractivity contribution is 7.89. The van der Waals surface area contributed by atoms with Gasteiger partial charge in [0.15, 0.2) is 5.75 Å². The summed E-state index contributed by atoms with van der Waals surface area (Å²) >= 11 is 0. The van der Waals surface area contributed by atoms with E-state index >= 15 is 0 Å². The smallest absolute Gasteiger partial charge is 0.259 e. The van der Waals surface area contributed by atoms with Gasteiger partial charge >= 0.3 is 0 Å². The summed E-state index contributed by atoms with van der Waals surface area (Å²) in [6, 6.07) is 21.1. The molecule has 0 aliphatic carbocycles. The zero-order valence-corrected chi connectivity index (χ0v) is 22.3. The van der Waals surface area contributed by atoms with Crippen LogP contribution in [0.4, 0.5) is 11.4 Å². The Bertz CT molecular complexity index is 1430. The van der Waals surface area contributed by atoms with Gasteiger partial charge in [-0.25, -0.2) is 8.42 Å². The maximum atomic E-state index is 14.0. The van der Waals surface area contributed by atoms with Crippen molar-refractivity contribution in [1.82, 2.24) is 4.31 Å². The summed E-state index contributed by atoms with van der Waals surface area (Å²) in [5.41, 5.74) is 2.76. The summed E-state index contributed by atoms with van der Waals surface area (Å²) in [5, 5.41) is 2.88. The van der Waals surface area contributed by atoms with Crippen molar-refractivity contribution in [3.8, 4) is 11.5 Å². The molecule has 0 saturated carbocycles. The Labute approximate surface area is 224 Å². The molecule has 38 heavy (non-hydrogen) atoms. The molecule has 0 radical (unpaired) electrons. The molecule has 6 rings (SSSR count). The highest BCUT2D eigenvalue weighted by Crippen LogP contribution is 2.42. The molecule has 7 nitrogen and oxygen atoms in total. The summed E-state index contributed by atoms with van der Waals surface area (Å²) < 4.78 is 35.7. The van der Waals surface area contributed by atoms with Crippen LogP contribution in [0.25, 0.3) is 0 Å². The van der Waals surface area contributed by atoms with Crippen LogP contribution in [0.3, 0.4) is 0 Å². The maximum Gasteiger partial charge on any atom is 0.259 e. The van der Waals surface area contributed by atoms with E-state index in [1.54, 1.807) is 22.5 Å². The van der Waals surface area contributed by atoms with E-state index in [1.165, 1.54) is 11.6 Å². The minimum Gasteiger partial charge on any atom is -0.454 e. The molecule has 3 aliphatic rings. The number of benzene rings is 3. The van der Waals surface area contributed by atoms with Crippen LogP contribution >= 0.6 is 0 Å². The number of hydrogen-bond donors (Lipinski definition) is 1. The Morgan fingerprint density at radius 3 is 2.32 bits per heavy atom. The Morgan fingerprint density at radius 1 is 0.842 bits per heavy atom. The van der Waals surface area contributed by atoms with Crippen molar-refractivity contribution in [2.75, 3.05) is 36.4 Å². The summed E-state index contributed by atoms with van der Waals surface area (Å²) in [5.74, 6) is 1.10. The van der Waals surface area contributed by atoms with Crippen LogP contribution in [0.5, 0.6) is 11.5 Å². The predicted molar refractivity (Wildman–Crippen MR) is 149 cm³/mol. The lowest BCUT2D eigenvalue weighted by molar-refractivity contribution is 0.102. The lowest BCUT2D eigenvalue weighted by Crippen LogP contribution is -2.39. The summed E-state index contributed by atoms with van der Waals surface area (Å²) in [4.78, 5) is 15.6. The third kappa shape index (κ3) is 4.90. The van der Waals surface area contributed by atoms with Gasteiger partial charge in [-0.15, -0.1) is 0 Å². The van der Waals surface area contributed by atoms with Gasteiger partial charge in [-0.1, -0.05) is 48.9 Å². The molecule has 3 aromatic rings. The second kappa shape index (κ2) is 10.4. The van der Waals surface area contributed by atoms with Crippen LogP contribution < -0.4 is 15.0 Å². The molecule has 0 bridgehead atoms. The van der Waals surface area contributed by atoms with Crippen LogP contribution in [0.2, 0.25) is 0 Å². The first-order chi connectivity index (χ1) is 18.5. The number of anilines is 2. The minimum absolute atomic E-state index is 0.198. The summed E-state index contributed by atoms with van der Waals surface area (Å²) in [7, 11) is -3.78. The van der Waals surface area contributed by atoms with Crippen molar-refractivity contribution in [3.05, 3.63) is 77.9 Å². The molecule has 0 spiro atoms. The lowest BCUT2D eigenvalue weighted by atomic mass is 9.90. The number of fused-ring (bicyclic) bond motifs is 2. The maximum absolute atomic E-state index is 14.0. The monoisotopic (exact) mass is 531 g/mol. The van der Waals surface area contributed by atoms with Crippen molar-refractivity contribution in [3.63, 3.8) is 0 Å². The average molecular weight is 532 g/mol. The molecular formula is C30H33N3O4S. The number of sulfonamides is 1. The summed E-state index contributed by atoms with van der Waals surface area (Å²) in [6.07, 6.45) is 5.70. The average Bonchev–Trinajstić information content (AvgIpc) is 3.09. The largest absolute Gasteiger partial charge is 0.454 e. The first-order valence-corrected chi connectivity index (χ1v) is 15.0. The zero-order chi connectivity index (χ0) is 26.1. The number of carbonyl (C=O) groups excluding carboxylic acids is 1. The highest BCUT2D eigenvalue weighted by Gasteiger charge is 2.34. The van der Waals surface area contributed by atoms with Crippen LogP contribution in [0, 0.1) is 5.92 Å². The molecule has 2 saturated heterocycles. The molecule has 1 amide bonds. The van der Waals surface area contributed by atoms with Crippen LogP contribution in [0.15, 0.2) is 71.6 Å². The predicted octanol–water partition coefficient (Wildman–Crippen LogP) is 5.68. The number of nitrogens with zero attached hydrogens (tertiary/aromatic N) is 2. The Morgan fingerprint density at radius 2 is 1.55 bits per heavy atom. The number of ether oxygens (including phenoxy) is 1. The number of carbonyl (C=O) groups is 1. The number of rotatable bonds is 5. The fourth-order valence-electron chi connectivity index (χ4n) is 5.80. The first-order valence-electron chi connectivity index (χ1n) is 13.5. The second-order valence-electron chi connectivity index (χ2n) is 10.5. The van der Waals surface area contributed by atoms with Gasteiger partial charge < -0.3 is 15.0 Å². The Kier molecular flexibility index (Phi) is 6.84. The molecule has 2 fully saturated rings. The van der Waals surface area contributed by atoms with E-state index < -0.39 is 10.0 Å². The quantitative estimate of drug-likeness (QED) is 0.458.